The Morgan fingerprint density at radius 2 is 1.61 bits per heavy atom. The van der Waals surface area contributed by atoms with Crippen molar-refractivity contribution in [3.8, 4) is 0 Å². The Morgan fingerprint density at radius 3 is 2.25 bits per heavy atom. The smallest absolute Gasteiger partial charge is 0.332 e. The van der Waals surface area contributed by atoms with E-state index < -0.39 is 19.3 Å². The van der Waals surface area contributed by atoms with Crippen molar-refractivity contribution in [3.05, 3.63) is 91.9 Å². The fourth-order valence-corrected chi connectivity index (χ4v) is 6.23. The summed E-state index contributed by atoms with van der Waals surface area (Å²) in [6.45, 7) is 17.8. The third-order valence-corrected chi connectivity index (χ3v) is 9.95. The number of rotatable bonds is 10. The number of hydrogen-bond acceptors (Lipinski definition) is 6. The molecule has 0 aliphatic carbocycles. The number of nitrogens with one attached hydrogen (secondary N) is 1. The lowest BCUT2D eigenvalue weighted by Crippen LogP contribution is -2.47. The van der Waals surface area contributed by atoms with E-state index in [1.165, 1.54) is 21.8 Å². The van der Waals surface area contributed by atoms with Gasteiger partial charge in [-0.2, -0.15) is 4.98 Å². The lowest BCUT2D eigenvalue weighted by molar-refractivity contribution is 0.0865. The number of fused-ring (bicyclic) bond motifs is 1. The Bertz CT molecular complexity index is 1710. The summed E-state index contributed by atoms with van der Waals surface area (Å²) in [4.78, 5) is 38.1. The zero-order chi connectivity index (χ0) is 31.6. The highest BCUT2D eigenvalue weighted by Gasteiger charge is 2.26. The van der Waals surface area contributed by atoms with E-state index in [2.05, 4.69) is 79.5 Å². The number of halogens is 1. The van der Waals surface area contributed by atoms with E-state index in [4.69, 9.17) is 9.72 Å². The van der Waals surface area contributed by atoms with Gasteiger partial charge in [-0.15, -0.1) is 0 Å². The first-order chi connectivity index (χ1) is 20.8. The third-order valence-electron chi connectivity index (χ3n) is 8.25. The Morgan fingerprint density at radius 1 is 0.932 bits per heavy atom. The van der Waals surface area contributed by atoms with Gasteiger partial charge in [0, 0.05) is 53.0 Å². The maximum absolute atomic E-state index is 14.8. The van der Waals surface area contributed by atoms with Crippen molar-refractivity contribution < 1.29 is 9.13 Å². The number of H-pyrrole nitrogens is 1. The average Bonchev–Trinajstić information content (AvgIpc) is 3.33. The summed E-state index contributed by atoms with van der Waals surface area (Å²) >= 11 is 0. The van der Waals surface area contributed by atoms with Gasteiger partial charge in [-0.05, 0) is 28.7 Å². The van der Waals surface area contributed by atoms with Crippen LogP contribution in [0.25, 0.3) is 11.2 Å². The van der Waals surface area contributed by atoms with Gasteiger partial charge in [-0.25, -0.2) is 9.18 Å². The number of hydrogen-bond donors (Lipinski definition) is 1. The molecule has 0 amide bonds. The predicted molar refractivity (Wildman–Crippen MR) is 177 cm³/mol. The molecule has 0 bridgehead atoms. The molecule has 0 radical (unpaired) electrons. The number of ether oxygens (including phenoxy) is 1. The van der Waals surface area contributed by atoms with E-state index in [0.717, 1.165) is 25.7 Å². The van der Waals surface area contributed by atoms with E-state index >= 15 is 0 Å². The second-order valence-electron chi connectivity index (χ2n) is 14.0. The third kappa shape index (κ3) is 7.39. The molecule has 9 nitrogen and oxygen atoms in total. The van der Waals surface area contributed by atoms with Crippen LogP contribution in [0.4, 0.5) is 10.3 Å². The van der Waals surface area contributed by atoms with Crippen LogP contribution in [0.3, 0.4) is 0 Å². The Labute approximate surface area is 259 Å². The van der Waals surface area contributed by atoms with Crippen molar-refractivity contribution in [2.45, 2.75) is 71.7 Å². The van der Waals surface area contributed by atoms with Gasteiger partial charge in [0.15, 0.2) is 11.2 Å². The van der Waals surface area contributed by atoms with Crippen LogP contribution < -0.4 is 16.1 Å². The fraction of sp³-hybridized carbons (Fsp3) is 0.485. The molecule has 236 valence electrons. The molecule has 1 N–H and O–H groups in total. The second-order valence-corrected chi connectivity index (χ2v) is 19.6. The number of piperazine rings is 1. The molecule has 11 heteroatoms. The first-order valence-electron chi connectivity index (χ1n) is 15.4. The Balaban J connectivity index is 1.42. The highest BCUT2D eigenvalue weighted by atomic mass is 28.3. The lowest BCUT2D eigenvalue weighted by atomic mass is 9.87. The topological polar surface area (TPSA) is 88.4 Å². The van der Waals surface area contributed by atoms with Crippen LogP contribution in [-0.4, -0.2) is 64.9 Å². The van der Waals surface area contributed by atoms with Gasteiger partial charge in [0.1, 0.15) is 12.5 Å². The zero-order valence-electron chi connectivity index (χ0n) is 26.8. The largest absolute Gasteiger partial charge is 0.361 e. The monoisotopic (exact) mass is 620 g/mol. The molecule has 0 atom stereocenters. The van der Waals surface area contributed by atoms with Crippen molar-refractivity contribution in [1.29, 1.82) is 0 Å². The van der Waals surface area contributed by atoms with Crippen LogP contribution in [0.2, 0.25) is 25.7 Å². The summed E-state index contributed by atoms with van der Waals surface area (Å²) in [7, 11) is -1.32. The van der Waals surface area contributed by atoms with Gasteiger partial charge in [0.25, 0.3) is 5.56 Å². The molecule has 0 unspecified atom stereocenters. The number of anilines is 1. The molecule has 0 saturated carbocycles. The molecule has 1 saturated heterocycles. The van der Waals surface area contributed by atoms with Crippen LogP contribution in [0, 0.1) is 5.82 Å². The highest BCUT2D eigenvalue weighted by molar-refractivity contribution is 6.76. The average molecular weight is 621 g/mol. The van der Waals surface area contributed by atoms with Crippen LogP contribution >= 0.6 is 0 Å². The summed E-state index contributed by atoms with van der Waals surface area (Å²) in [6, 6.07) is 16.3. The van der Waals surface area contributed by atoms with Crippen molar-refractivity contribution in [2.75, 3.05) is 37.7 Å². The first kappa shape index (κ1) is 31.9. The summed E-state index contributed by atoms with van der Waals surface area (Å²) in [5, 5.41) is 0. The molecule has 1 aliphatic rings. The van der Waals surface area contributed by atoms with Gasteiger partial charge in [0.2, 0.25) is 5.95 Å². The zero-order valence-corrected chi connectivity index (χ0v) is 27.8. The number of aromatic nitrogens is 4. The van der Waals surface area contributed by atoms with Crippen molar-refractivity contribution >= 4 is 25.2 Å². The van der Waals surface area contributed by atoms with Crippen molar-refractivity contribution in [1.82, 2.24) is 24.0 Å². The number of benzene rings is 2. The van der Waals surface area contributed by atoms with E-state index in [1.54, 1.807) is 22.8 Å². The van der Waals surface area contributed by atoms with Gasteiger partial charge in [0.05, 0.1) is 6.54 Å². The van der Waals surface area contributed by atoms with Crippen LogP contribution in [0.15, 0.2) is 58.1 Å². The van der Waals surface area contributed by atoms with Crippen LogP contribution in [0.1, 0.15) is 37.5 Å². The predicted octanol–water partition coefficient (Wildman–Crippen LogP) is 5.01. The summed E-state index contributed by atoms with van der Waals surface area (Å²) < 4.78 is 23.9. The van der Waals surface area contributed by atoms with E-state index in [0.29, 0.717) is 31.2 Å². The number of nitrogens with zero attached hydrogens (tertiary/aromatic N) is 5. The SMILES string of the molecule is CC(C)(C)c1ccc(CN2CCN(c3nc4c(c(=O)[nH]c(=O)n4COCC[Si](C)(C)C)n3Cc3ccccc3F)CC2)cc1. The van der Waals surface area contributed by atoms with E-state index in [9.17, 15) is 14.0 Å². The minimum Gasteiger partial charge on any atom is -0.361 e. The first-order valence-corrected chi connectivity index (χ1v) is 19.1. The van der Waals surface area contributed by atoms with Gasteiger partial charge in [-0.3, -0.25) is 23.8 Å². The molecule has 4 aromatic rings. The molecule has 1 fully saturated rings. The molecule has 2 aromatic carbocycles. The minimum atomic E-state index is -1.32. The van der Waals surface area contributed by atoms with Crippen LogP contribution in [-0.2, 0) is 30.0 Å². The van der Waals surface area contributed by atoms with Crippen molar-refractivity contribution in [2.24, 2.45) is 0 Å². The van der Waals surface area contributed by atoms with Crippen LogP contribution in [0.5, 0.6) is 0 Å². The highest BCUT2D eigenvalue weighted by Crippen LogP contribution is 2.25. The molecule has 2 aromatic heterocycles. The van der Waals surface area contributed by atoms with Crippen molar-refractivity contribution in [3.63, 3.8) is 0 Å². The summed E-state index contributed by atoms with van der Waals surface area (Å²) in [5.41, 5.74) is 2.50. The molecular weight excluding hydrogens is 575 g/mol. The number of imidazole rings is 1. The molecular formula is C33H45FN6O3Si. The maximum atomic E-state index is 14.8. The Hall–Kier alpha value is -3.54. The quantitative estimate of drug-likeness (QED) is 0.198. The van der Waals surface area contributed by atoms with Gasteiger partial charge >= 0.3 is 5.69 Å². The summed E-state index contributed by atoms with van der Waals surface area (Å²) in [6.07, 6.45) is 0. The maximum Gasteiger partial charge on any atom is 0.332 e. The van der Waals surface area contributed by atoms with E-state index in [1.807, 2.05) is 0 Å². The standard InChI is InChI=1S/C33H45FN6O3Si/c1-33(2,3)26-13-11-24(12-14-26)21-37-15-17-38(18-16-37)31-35-29-28(39(31)22-25-9-7-8-10-27(25)34)30(41)36-32(42)40(29)23-43-19-20-44(4,5)6/h7-14H,15-23H2,1-6H3,(H,36,41,42). The minimum absolute atomic E-state index is 0.0193. The second kappa shape index (κ2) is 12.8. The van der Waals surface area contributed by atoms with Gasteiger partial charge < -0.3 is 9.64 Å². The summed E-state index contributed by atoms with van der Waals surface area (Å²) in [5.74, 6) is 0.186. The Kier molecular flexibility index (Phi) is 9.29. The molecule has 5 rings (SSSR count). The van der Waals surface area contributed by atoms with E-state index in [-0.39, 0.29) is 35.7 Å². The van der Waals surface area contributed by atoms with Gasteiger partial charge in [-0.1, -0.05) is 82.9 Å². The number of aromatic amines is 1. The molecule has 44 heavy (non-hydrogen) atoms. The fourth-order valence-electron chi connectivity index (χ4n) is 5.48. The molecule has 3 heterocycles. The lowest BCUT2D eigenvalue weighted by Gasteiger charge is -2.35. The molecule has 0 spiro atoms. The normalized spacial score (nSPS) is 14.9. The molecule has 1 aliphatic heterocycles.